The summed E-state index contributed by atoms with van der Waals surface area (Å²) in [4.78, 5) is 15.7. The van der Waals surface area contributed by atoms with Crippen molar-refractivity contribution in [2.75, 3.05) is 5.32 Å². The van der Waals surface area contributed by atoms with Crippen LogP contribution in [0, 0.1) is 5.82 Å². The Morgan fingerprint density at radius 2 is 1.93 bits per heavy atom. The standard InChI is InChI=1S/C19H13FN2O4S/c20-11-5-10(19(25)26)6-12(8-11)21-17-14-3-4-27-16(14)13-2-1-9(18(23)24)7-15(13)22-17/h1-8,19,25-26H,(H,21,22)(H,23,24). The molecule has 0 bridgehead atoms. The number of anilines is 2. The number of thiophene rings is 1. The van der Waals surface area contributed by atoms with E-state index in [0.717, 1.165) is 21.5 Å². The Morgan fingerprint density at radius 3 is 2.67 bits per heavy atom. The molecule has 27 heavy (non-hydrogen) atoms. The number of aliphatic hydroxyl groups is 2. The zero-order valence-electron chi connectivity index (χ0n) is 13.7. The number of pyridine rings is 1. The van der Waals surface area contributed by atoms with Crippen LogP contribution in [0.2, 0.25) is 0 Å². The van der Waals surface area contributed by atoms with Crippen molar-refractivity contribution in [2.24, 2.45) is 0 Å². The van der Waals surface area contributed by atoms with E-state index in [1.54, 1.807) is 6.07 Å². The van der Waals surface area contributed by atoms with Crippen molar-refractivity contribution in [1.29, 1.82) is 0 Å². The lowest BCUT2D eigenvalue weighted by molar-refractivity contribution is -0.0426. The quantitative estimate of drug-likeness (QED) is 0.397. The summed E-state index contributed by atoms with van der Waals surface area (Å²) >= 11 is 1.49. The maximum Gasteiger partial charge on any atom is 0.335 e. The van der Waals surface area contributed by atoms with Gasteiger partial charge in [-0.25, -0.2) is 14.2 Å². The van der Waals surface area contributed by atoms with Crippen molar-refractivity contribution in [2.45, 2.75) is 6.29 Å². The van der Waals surface area contributed by atoms with Crippen LogP contribution >= 0.6 is 11.3 Å². The van der Waals surface area contributed by atoms with Gasteiger partial charge in [-0.3, -0.25) is 0 Å². The van der Waals surface area contributed by atoms with E-state index in [0.29, 0.717) is 17.0 Å². The number of aromatic nitrogens is 1. The van der Waals surface area contributed by atoms with E-state index in [1.165, 1.54) is 35.6 Å². The number of nitrogens with one attached hydrogen (secondary N) is 1. The Morgan fingerprint density at radius 1 is 1.11 bits per heavy atom. The number of aliphatic hydroxyl groups excluding tert-OH is 1. The minimum Gasteiger partial charge on any atom is -0.478 e. The van der Waals surface area contributed by atoms with Gasteiger partial charge in [-0.05, 0) is 41.8 Å². The number of fused-ring (bicyclic) bond motifs is 3. The van der Waals surface area contributed by atoms with Gasteiger partial charge in [-0.2, -0.15) is 0 Å². The van der Waals surface area contributed by atoms with E-state index in [1.807, 2.05) is 11.4 Å². The van der Waals surface area contributed by atoms with Crippen LogP contribution in [0.1, 0.15) is 22.2 Å². The van der Waals surface area contributed by atoms with E-state index in [2.05, 4.69) is 10.3 Å². The first-order chi connectivity index (χ1) is 12.9. The zero-order valence-corrected chi connectivity index (χ0v) is 14.5. The van der Waals surface area contributed by atoms with Crippen LogP contribution in [-0.2, 0) is 0 Å². The maximum atomic E-state index is 13.8. The molecule has 0 atom stereocenters. The molecule has 0 spiro atoms. The van der Waals surface area contributed by atoms with Gasteiger partial charge in [0.2, 0.25) is 0 Å². The van der Waals surface area contributed by atoms with Gasteiger partial charge < -0.3 is 20.6 Å². The molecular formula is C19H13FN2O4S. The highest BCUT2D eigenvalue weighted by atomic mass is 32.1. The van der Waals surface area contributed by atoms with Crippen molar-refractivity contribution in [3.05, 3.63) is 64.8 Å². The maximum absolute atomic E-state index is 13.8. The van der Waals surface area contributed by atoms with Gasteiger partial charge in [0.25, 0.3) is 0 Å². The summed E-state index contributed by atoms with van der Waals surface area (Å²) in [5.74, 6) is -1.25. The molecule has 4 rings (SSSR count). The predicted molar refractivity (Wildman–Crippen MR) is 101 cm³/mol. The largest absolute Gasteiger partial charge is 0.478 e. The predicted octanol–water partition coefficient (Wildman–Crippen LogP) is 4.01. The highest BCUT2D eigenvalue weighted by Gasteiger charge is 2.14. The van der Waals surface area contributed by atoms with Crippen molar-refractivity contribution < 1.29 is 24.5 Å². The number of carboxylic acids is 1. The van der Waals surface area contributed by atoms with Gasteiger partial charge in [0, 0.05) is 26.7 Å². The number of nitrogens with zero attached hydrogens (tertiary/aromatic N) is 1. The van der Waals surface area contributed by atoms with E-state index in [9.17, 15) is 24.5 Å². The second-order valence-corrected chi connectivity index (χ2v) is 6.85. The monoisotopic (exact) mass is 384 g/mol. The van der Waals surface area contributed by atoms with Crippen molar-refractivity contribution in [3.63, 3.8) is 0 Å². The van der Waals surface area contributed by atoms with E-state index in [-0.39, 0.29) is 11.1 Å². The van der Waals surface area contributed by atoms with Crippen molar-refractivity contribution in [1.82, 2.24) is 4.98 Å². The first-order valence-electron chi connectivity index (χ1n) is 7.90. The van der Waals surface area contributed by atoms with Crippen LogP contribution < -0.4 is 5.32 Å². The lowest BCUT2D eigenvalue weighted by Crippen LogP contribution is -2.01. The number of hydrogen-bond acceptors (Lipinski definition) is 6. The Labute approximate surface area is 156 Å². The van der Waals surface area contributed by atoms with Crippen molar-refractivity contribution in [3.8, 4) is 0 Å². The molecule has 0 aliphatic carbocycles. The van der Waals surface area contributed by atoms with Crippen molar-refractivity contribution >= 4 is 49.8 Å². The Hall–Kier alpha value is -3.07. The molecule has 4 aromatic rings. The lowest BCUT2D eigenvalue weighted by Gasteiger charge is -2.12. The molecule has 0 saturated carbocycles. The third-order valence-electron chi connectivity index (χ3n) is 4.12. The molecule has 6 nitrogen and oxygen atoms in total. The fourth-order valence-electron chi connectivity index (χ4n) is 2.90. The van der Waals surface area contributed by atoms with Gasteiger partial charge in [-0.1, -0.05) is 6.07 Å². The lowest BCUT2D eigenvalue weighted by atomic mass is 10.1. The van der Waals surface area contributed by atoms with Crippen LogP contribution in [0.25, 0.3) is 21.0 Å². The first-order valence-corrected chi connectivity index (χ1v) is 8.78. The summed E-state index contributed by atoms with van der Waals surface area (Å²) in [5, 5.41) is 34.3. The third kappa shape index (κ3) is 3.21. The SMILES string of the molecule is O=C(O)c1ccc2c(c1)nc(Nc1cc(F)cc(C(O)O)c1)c1ccsc12. The highest BCUT2D eigenvalue weighted by Crippen LogP contribution is 2.35. The summed E-state index contributed by atoms with van der Waals surface area (Å²) in [6.45, 7) is 0. The number of aromatic carboxylic acids is 1. The normalized spacial score (nSPS) is 11.4. The smallest absolute Gasteiger partial charge is 0.335 e. The van der Waals surface area contributed by atoms with E-state index < -0.39 is 18.1 Å². The summed E-state index contributed by atoms with van der Waals surface area (Å²) in [6.07, 6.45) is -1.80. The molecular weight excluding hydrogens is 371 g/mol. The summed E-state index contributed by atoms with van der Waals surface area (Å²) in [5.41, 5.74) is 0.916. The average Bonchev–Trinajstić information content (AvgIpc) is 3.11. The van der Waals surface area contributed by atoms with Crippen LogP contribution in [0.5, 0.6) is 0 Å². The molecule has 2 aromatic carbocycles. The molecule has 0 radical (unpaired) electrons. The fourth-order valence-corrected chi connectivity index (χ4v) is 3.83. The summed E-state index contributed by atoms with van der Waals surface area (Å²) in [7, 11) is 0. The first kappa shape index (κ1) is 17.3. The zero-order chi connectivity index (χ0) is 19.1. The second-order valence-electron chi connectivity index (χ2n) is 5.93. The Bertz CT molecular complexity index is 1190. The molecule has 0 fully saturated rings. The van der Waals surface area contributed by atoms with Crippen LogP contribution in [0.3, 0.4) is 0 Å². The number of carbonyl (C=O) groups is 1. The molecule has 0 aliphatic rings. The highest BCUT2D eigenvalue weighted by molar-refractivity contribution is 7.18. The number of carboxylic acid groups (broad SMARTS) is 1. The molecule has 0 saturated heterocycles. The van der Waals surface area contributed by atoms with Crippen LogP contribution in [-0.4, -0.2) is 26.3 Å². The molecule has 4 N–H and O–H groups in total. The molecule has 8 heteroatoms. The van der Waals surface area contributed by atoms with Gasteiger partial charge in [-0.15, -0.1) is 11.3 Å². The summed E-state index contributed by atoms with van der Waals surface area (Å²) in [6, 6.07) is 10.2. The minimum absolute atomic E-state index is 0.00742. The van der Waals surface area contributed by atoms with Crippen LogP contribution in [0.4, 0.5) is 15.9 Å². The number of rotatable bonds is 4. The fraction of sp³-hybridized carbons (Fsp3) is 0.0526. The van der Waals surface area contributed by atoms with Crippen LogP contribution in [0.15, 0.2) is 47.8 Å². The number of hydrogen-bond donors (Lipinski definition) is 4. The van der Waals surface area contributed by atoms with Gasteiger partial charge in [0.05, 0.1) is 11.1 Å². The average molecular weight is 384 g/mol. The molecule has 0 amide bonds. The van der Waals surface area contributed by atoms with E-state index >= 15 is 0 Å². The second kappa shape index (κ2) is 6.58. The third-order valence-corrected chi connectivity index (χ3v) is 5.07. The van der Waals surface area contributed by atoms with Gasteiger partial charge in [0.1, 0.15) is 11.6 Å². The number of halogens is 1. The molecule has 2 aromatic heterocycles. The van der Waals surface area contributed by atoms with Gasteiger partial charge in [0.15, 0.2) is 6.29 Å². The molecule has 0 aliphatic heterocycles. The topological polar surface area (TPSA) is 103 Å². The van der Waals surface area contributed by atoms with Gasteiger partial charge >= 0.3 is 5.97 Å². The molecule has 136 valence electrons. The Balaban J connectivity index is 1.87. The number of benzene rings is 2. The molecule has 0 unspecified atom stereocenters. The molecule has 2 heterocycles. The summed E-state index contributed by atoms with van der Waals surface area (Å²) < 4.78 is 14.7. The van der Waals surface area contributed by atoms with E-state index in [4.69, 9.17) is 0 Å². The minimum atomic E-state index is -1.80. The Kier molecular flexibility index (Phi) is 4.23.